The van der Waals surface area contributed by atoms with Crippen molar-refractivity contribution in [2.24, 2.45) is 0 Å². The van der Waals surface area contributed by atoms with Gasteiger partial charge in [-0.3, -0.25) is 20.5 Å². The van der Waals surface area contributed by atoms with Gasteiger partial charge in [0.25, 0.3) is 0 Å². The standard InChI is InChI=1S/C19H30N4O/c1-12-8-13(2)10-16(9-12)17-6-5-7-23(17)11-18(24)20-19-14(3)21-22-15(19)4/h8-10,14-15,17,19,21-22H,5-7,11H2,1-4H3,(H,20,24). The number of hydrazine groups is 1. The van der Waals surface area contributed by atoms with Crippen LogP contribution in [0.25, 0.3) is 0 Å². The zero-order valence-corrected chi connectivity index (χ0v) is 15.2. The summed E-state index contributed by atoms with van der Waals surface area (Å²) in [5.41, 5.74) is 10.3. The molecule has 0 spiro atoms. The molecule has 5 nitrogen and oxygen atoms in total. The maximum absolute atomic E-state index is 12.5. The van der Waals surface area contributed by atoms with E-state index in [4.69, 9.17) is 0 Å². The number of hydrogen-bond donors (Lipinski definition) is 3. The molecule has 3 rings (SSSR count). The van der Waals surface area contributed by atoms with Crippen LogP contribution >= 0.6 is 0 Å². The summed E-state index contributed by atoms with van der Waals surface area (Å²) >= 11 is 0. The van der Waals surface area contributed by atoms with Crippen molar-refractivity contribution >= 4 is 5.91 Å². The van der Waals surface area contributed by atoms with Gasteiger partial charge in [-0.1, -0.05) is 29.3 Å². The quantitative estimate of drug-likeness (QED) is 0.788. The van der Waals surface area contributed by atoms with E-state index >= 15 is 0 Å². The van der Waals surface area contributed by atoms with Crippen LogP contribution in [0.3, 0.4) is 0 Å². The summed E-state index contributed by atoms with van der Waals surface area (Å²) in [5.74, 6) is 0.125. The van der Waals surface area contributed by atoms with Crippen molar-refractivity contribution < 1.29 is 4.79 Å². The molecule has 2 aliphatic heterocycles. The fraction of sp³-hybridized carbons (Fsp3) is 0.632. The molecule has 0 saturated carbocycles. The van der Waals surface area contributed by atoms with Gasteiger partial charge in [-0.05, 0) is 52.6 Å². The third-order valence-electron chi connectivity index (χ3n) is 5.28. The highest BCUT2D eigenvalue weighted by Gasteiger charge is 2.33. The fourth-order valence-electron chi connectivity index (χ4n) is 4.14. The molecule has 0 bridgehead atoms. The highest BCUT2D eigenvalue weighted by Crippen LogP contribution is 2.32. The second-order valence-corrected chi connectivity index (χ2v) is 7.51. The number of nitrogens with one attached hydrogen (secondary N) is 3. The molecule has 0 aliphatic carbocycles. The number of carbonyl (C=O) groups is 1. The first-order valence-corrected chi connectivity index (χ1v) is 9.06. The predicted molar refractivity (Wildman–Crippen MR) is 96.6 cm³/mol. The second kappa shape index (κ2) is 7.21. The third-order valence-corrected chi connectivity index (χ3v) is 5.28. The van der Waals surface area contributed by atoms with Crippen LogP contribution in [0, 0.1) is 13.8 Å². The summed E-state index contributed by atoms with van der Waals surface area (Å²) in [4.78, 5) is 14.9. The summed E-state index contributed by atoms with van der Waals surface area (Å²) in [5, 5.41) is 3.19. The fourth-order valence-corrected chi connectivity index (χ4v) is 4.14. The Kier molecular flexibility index (Phi) is 5.23. The van der Waals surface area contributed by atoms with Crippen LogP contribution in [0.4, 0.5) is 0 Å². The Bertz CT molecular complexity index is 573. The van der Waals surface area contributed by atoms with Crippen LogP contribution in [0.5, 0.6) is 0 Å². The molecule has 1 aromatic rings. The lowest BCUT2D eigenvalue weighted by molar-refractivity contribution is -0.123. The molecule has 2 fully saturated rings. The van der Waals surface area contributed by atoms with Crippen LogP contribution < -0.4 is 16.2 Å². The molecule has 3 atom stereocenters. The molecule has 0 aromatic heterocycles. The molecule has 2 heterocycles. The van der Waals surface area contributed by atoms with E-state index in [-0.39, 0.29) is 24.0 Å². The molecule has 0 radical (unpaired) electrons. The topological polar surface area (TPSA) is 56.4 Å². The van der Waals surface area contributed by atoms with Crippen molar-refractivity contribution in [1.82, 2.24) is 21.1 Å². The Balaban J connectivity index is 1.64. The van der Waals surface area contributed by atoms with Crippen LogP contribution in [0.1, 0.15) is 49.4 Å². The lowest BCUT2D eigenvalue weighted by Gasteiger charge is -2.27. The third kappa shape index (κ3) is 3.79. The molecular weight excluding hydrogens is 300 g/mol. The van der Waals surface area contributed by atoms with Gasteiger partial charge < -0.3 is 5.32 Å². The number of nitrogens with zero attached hydrogens (tertiary/aromatic N) is 1. The highest BCUT2D eigenvalue weighted by atomic mass is 16.2. The first-order valence-electron chi connectivity index (χ1n) is 9.06. The van der Waals surface area contributed by atoms with Gasteiger partial charge in [-0.25, -0.2) is 0 Å². The monoisotopic (exact) mass is 330 g/mol. The summed E-state index contributed by atoms with van der Waals surface area (Å²) in [6.45, 7) is 9.95. The smallest absolute Gasteiger partial charge is 0.234 e. The van der Waals surface area contributed by atoms with Crippen LogP contribution in [0.15, 0.2) is 18.2 Å². The first-order chi connectivity index (χ1) is 11.4. The van der Waals surface area contributed by atoms with E-state index in [0.717, 1.165) is 19.4 Å². The van der Waals surface area contributed by atoms with Crippen molar-refractivity contribution in [2.75, 3.05) is 13.1 Å². The van der Waals surface area contributed by atoms with Crippen molar-refractivity contribution in [3.63, 3.8) is 0 Å². The normalized spacial score (nSPS) is 30.7. The molecular formula is C19H30N4O. The number of hydrogen-bond acceptors (Lipinski definition) is 4. The van der Waals surface area contributed by atoms with Gasteiger partial charge in [0.15, 0.2) is 0 Å². The van der Waals surface area contributed by atoms with E-state index in [0.29, 0.717) is 12.6 Å². The second-order valence-electron chi connectivity index (χ2n) is 7.51. The Morgan fingerprint density at radius 2 is 1.79 bits per heavy atom. The molecule has 1 amide bonds. The average Bonchev–Trinajstić information content (AvgIpc) is 3.08. The number of aryl methyl sites for hydroxylation is 2. The Morgan fingerprint density at radius 1 is 1.17 bits per heavy atom. The van der Waals surface area contributed by atoms with Gasteiger partial charge in [-0.15, -0.1) is 0 Å². The van der Waals surface area contributed by atoms with Crippen LogP contribution in [-0.4, -0.2) is 42.0 Å². The first kappa shape index (κ1) is 17.4. The summed E-state index contributed by atoms with van der Waals surface area (Å²) in [7, 11) is 0. The summed E-state index contributed by atoms with van der Waals surface area (Å²) < 4.78 is 0. The van der Waals surface area contributed by atoms with E-state index in [2.05, 4.69) is 67.0 Å². The molecule has 5 heteroatoms. The van der Waals surface area contributed by atoms with E-state index in [9.17, 15) is 4.79 Å². The Labute approximate surface area is 145 Å². The molecule has 132 valence electrons. The van der Waals surface area contributed by atoms with E-state index in [1.807, 2.05) is 0 Å². The molecule has 2 aliphatic rings. The largest absolute Gasteiger partial charge is 0.349 e. The Morgan fingerprint density at radius 3 is 2.42 bits per heavy atom. The maximum Gasteiger partial charge on any atom is 0.234 e. The minimum absolute atomic E-state index is 0.125. The van der Waals surface area contributed by atoms with Crippen LogP contribution in [0.2, 0.25) is 0 Å². The minimum atomic E-state index is 0.125. The molecule has 2 saturated heterocycles. The number of rotatable bonds is 4. The minimum Gasteiger partial charge on any atom is -0.349 e. The lowest BCUT2D eigenvalue weighted by atomic mass is 9.99. The van der Waals surface area contributed by atoms with Gasteiger partial charge in [0, 0.05) is 18.1 Å². The average molecular weight is 330 g/mol. The van der Waals surface area contributed by atoms with Crippen molar-refractivity contribution in [3.05, 3.63) is 34.9 Å². The van der Waals surface area contributed by atoms with Gasteiger partial charge in [0.2, 0.25) is 5.91 Å². The number of likely N-dealkylation sites (tertiary alicyclic amines) is 1. The van der Waals surface area contributed by atoms with Gasteiger partial charge >= 0.3 is 0 Å². The van der Waals surface area contributed by atoms with Crippen molar-refractivity contribution in [1.29, 1.82) is 0 Å². The van der Waals surface area contributed by atoms with Gasteiger partial charge in [0.05, 0.1) is 12.6 Å². The highest BCUT2D eigenvalue weighted by molar-refractivity contribution is 5.78. The number of benzene rings is 1. The van der Waals surface area contributed by atoms with E-state index in [1.165, 1.54) is 16.7 Å². The summed E-state index contributed by atoms with van der Waals surface area (Å²) in [6.07, 6.45) is 2.29. The molecule has 3 N–H and O–H groups in total. The maximum atomic E-state index is 12.5. The number of amides is 1. The zero-order valence-electron chi connectivity index (χ0n) is 15.2. The van der Waals surface area contributed by atoms with Crippen LogP contribution in [-0.2, 0) is 4.79 Å². The number of carbonyl (C=O) groups excluding carboxylic acids is 1. The van der Waals surface area contributed by atoms with E-state index in [1.54, 1.807) is 0 Å². The molecule has 3 unspecified atom stereocenters. The predicted octanol–water partition coefficient (Wildman–Crippen LogP) is 1.81. The Hall–Kier alpha value is -1.43. The SMILES string of the molecule is Cc1cc(C)cc(C2CCCN2CC(=O)NC2C(C)NNC2C)c1. The van der Waals surface area contributed by atoms with E-state index < -0.39 is 0 Å². The van der Waals surface area contributed by atoms with Crippen molar-refractivity contribution in [3.8, 4) is 0 Å². The van der Waals surface area contributed by atoms with Crippen molar-refractivity contribution in [2.45, 2.75) is 64.7 Å². The van der Waals surface area contributed by atoms with Gasteiger partial charge in [0.1, 0.15) is 0 Å². The molecule has 24 heavy (non-hydrogen) atoms. The lowest BCUT2D eigenvalue weighted by Crippen LogP contribution is -2.49. The zero-order chi connectivity index (χ0) is 17.3. The van der Waals surface area contributed by atoms with Gasteiger partial charge in [-0.2, -0.15) is 0 Å². The summed E-state index contributed by atoms with van der Waals surface area (Å²) in [6, 6.07) is 7.74. The molecule has 1 aromatic carbocycles.